The molecule has 106 valence electrons. The van der Waals surface area contributed by atoms with E-state index in [1.165, 1.54) is 11.8 Å². The smallest absolute Gasteiger partial charge is 0.223 e. The van der Waals surface area contributed by atoms with Crippen molar-refractivity contribution in [1.82, 2.24) is 19.9 Å². The summed E-state index contributed by atoms with van der Waals surface area (Å²) >= 11 is 1.46. The summed E-state index contributed by atoms with van der Waals surface area (Å²) in [6, 6.07) is 1.87. The summed E-state index contributed by atoms with van der Waals surface area (Å²) in [5.74, 6) is 0.650. The van der Waals surface area contributed by atoms with Crippen LogP contribution in [-0.2, 0) is 0 Å². The number of aromatic nitrogens is 4. The van der Waals surface area contributed by atoms with Gasteiger partial charge in [0.15, 0.2) is 5.16 Å². The van der Waals surface area contributed by atoms with Crippen LogP contribution in [0.25, 0.3) is 0 Å². The molecule has 2 aromatic rings. The lowest BCUT2D eigenvalue weighted by molar-refractivity contribution is 0.876. The Morgan fingerprint density at radius 2 is 1.80 bits per heavy atom. The monoisotopic (exact) mass is 289 g/mol. The highest BCUT2D eigenvalue weighted by molar-refractivity contribution is 7.99. The van der Waals surface area contributed by atoms with E-state index < -0.39 is 0 Å². The minimum atomic E-state index is 0.650. The number of rotatable bonds is 5. The quantitative estimate of drug-likeness (QED) is 0.674. The first-order valence-corrected chi connectivity index (χ1v) is 7.48. The molecule has 1 N–H and O–H groups in total. The molecule has 0 amide bonds. The molecule has 20 heavy (non-hydrogen) atoms. The molecule has 0 saturated heterocycles. The fourth-order valence-electron chi connectivity index (χ4n) is 1.60. The van der Waals surface area contributed by atoms with Gasteiger partial charge in [-0.2, -0.15) is 0 Å². The van der Waals surface area contributed by atoms with Gasteiger partial charge in [0, 0.05) is 24.1 Å². The second-order valence-electron chi connectivity index (χ2n) is 4.55. The van der Waals surface area contributed by atoms with E-state index in [1.807, 2.05) is 26.8 Å². The minimum absolute atomic E-state index is 0.650. The highest BCUT2D eigenvalue weighted by Gasteiger charge is 2.08. The number of nitrogens with one attached hydrogen (secondary N) is 1. The van der Waals surface area contributed by atoms with Gasteiger partial charge in [0.1, 0.15) is 5.03 Å². The van der Waals surface area contributed by atoms with Gasteiger partial charge in [-0.15, -0.1) is 0 Å². The maximum Gasteiger partial charge on any atom is 0.223 e. The molecule has 0 saturated carbocycles. The van der Waals surface area contributed by atoms with E-state index in [9.17, 15) is 0 Å². The average molecular weight is 289 g/mol. The summed E-state index contributed by atoms with van der Waals surface area (Å²) in [5, 5.41) is 4.75. The van der Waals surface area contributed by atoms with Crippen molar-refractivity contribution in [1.29, 1.82) is 0 Å². The molecular weight excluding hydrogens is 270 g/mol. The van der Waals surface area contributed by atoms with Crippen molar-refractivity contribution >= 4 is 17.7 Å². The predicted octanol–water partition coefficient (Wildman–Crippen LogP) is 3.16. The third-order valence-electron chi connectivity index (χ3n) is 2.97. The average Bonchev–Trinajstić information content (AvgIpc) is 2.43. The zero-order chi connectivity index (χ0) is 14.5. The summed E-state index contributed by atoms with van der Waals surface area (Å²) in [4.78, 5) is 17.6. The van der Waals surface area contributed by atoms with Crippen LogP contribution in [0.5, 0.6) is 0 Å². The third kappa shape index (κ3) is 3.66. The first-order chi connectivity index (χ1) is 9.60. The molecule has 0 unspecified atom stereocenters. The van der Waals surface area contributed by atoms with Crippen molar-refractivity contribution in [2.45, 2.75) is 44.3 Å². The number of anilines is 1. The molecule has 0 fully saturated rings. The number of nitrogens with zero attached hydrogens (tertiary/aromatic N) is 4. The van der Waals surface area contributed by atoms with E-state index in [0.717, 1.165) is 40.1 Å². The van der Waals surface area contributed by atoms with Gasteiger partial charge in [0.05, 0.1) is 0 Å². The second kappa shape index (κ2) is 6.65. The molecule has 0 atom stereocenters. The SMILES string of the molecule is CCCNc1nccc(Sc2nc(C)c(C)c(C)n2)n1. The van der Waals surface area contributed by atoms with Crippen LogP contribution >= 0.6 is 11.8 Å². The Hall–Kier alpha value is -1.69. The minimum Gasteiger partial charge on any atom is -0.354 e. The molecule has 0 aliphatic heterocycles. The lowest BCUT2D eigenvalue weighted by atomic mass is 10.2. The second-order valence-corrected chi connectivity index (χ2v) is 5.54. The Morgan fingerprint density at radius 1 is 1.10 bits per heavy atom. The standard InChI is InChI=1S/C14H19N5S/c1-5-7-15-13-16-8-6-12(19-13)20-14-17-10(3)9(2)11(4)18-14/h6,8H,5,7H2,1-4H3,(H,15,16,19). The molecule has 0 aliphatic rings. The molecule has 0 aromatic carbocycles. The fourth-order valence-corrected chi connectivity index (χ4v) is 2.41. The summed E-state index contributed by atoms with van der Waals surface area (Å²) in [7, 11) is 0. The Bertz CT molecular complexity index is 577. The van der Waals surface area contributed by atoms with Gasteiger partial charge in [-0.3, -0.25) is 0 Å². The largest absolute Gasteiger partial charge is 0.354 e. The zero-order valence-corrected chi connectivity index (χ0v) is 13.1. The van der Waals surface area contributed by atoms with Gasteiger partial charge < -0.3 is 5.32 Å². The van der Waals surface area contributed by atoms with Crippen molar-refractivity contribution in [3.8, 4) is 0 Å². The summed E-state index contributed by atoms with van der Waals surface area (Å²) in [5.41, 5.74) is 3.17. The van der Waals surface area contributed by atoms with Crippen LogP contribution in [0.15, 0.2) is 22.4 Å². The van der Waals surface area contributed by atoms with E-state index in [1.54, 1.807) is 6.20 Å². The summed E-state index contributed by atoms with van der Waals surface area (Å²) in [6.07, 6.45) is 2.79. The summed E-state index contributed by atoms with van der Waals surface area (Å²) < 4.78 is 0. The van der Waals surface area contributed by atoms with E-state index in [0.29, 0.717) is 5.95 Å². The molecule has 6 heteroatoms. The van der Waals surface area contributed by atoms with Gasteiger partial charge in [-0.1, -0.05) is 6.92 Å². The summed E-state index contributed by atoms with van der Waals surface area (Å²) in [6.45, 7) is 9.02. The van der Waals surface area contributed by atoms with Gasteiger partial charge >= 0.3 is 0 Å². The highest BCUT2D eigenvalue weighted by Crippen LogP contribution is 2.24. The van der Waals surface area contributed by atoms with Crippen molar-refractivity contribution in [3.05, 3.63) is 29.2 Å². The molecule has 0 radical (unpaired) electrons. The van der Waals surface area contributed by atoms with Crippen LogP contribution in [0.1, 0.15) is 30.3 Å². The van der Waals surface area contributed by atoms with Gasteiger partial charge in [-0.05, 0) is 50.6 Å². The van der Waals surface area contributed by atoms with E-state index in [4.69, 9.17) is 0 Å². The topological polar surface area (TPSA) is 63.6 Å². The zero-order valence-electron chi connectivity index (χ0n) is 12.3. The molecular formula is C14H19N5S. The number of hydrogen-bond donors (Lipinski definition) is 1. The van der Waals surface area contributed by atoms with Crippen LogP contribution < -0.4 is 5.32 Å². The molecule has 2 rings (SSSR count). The van der Waals surface area contributed by atoms with E-state index in [-0.39, 0.29) is 0 Å². The molecule has 0 bridgehead atoms. The van der Waals surface area contributed by atoms with Crippen LogP contribution in [0.2, 0.25) is 0 Å². The Labute approximate surface area is 123 Å². The lowest BCUT2D eigenvalue weighted by Crippen LogP contribution is -2.04. The highest BCUT2D eigenvalue weighted by atomic mass is 32.2. The Balaban J connectivity index is 2.17. The number of hydrogen-bond acceptors (Lipinski definition) is 6. The number of aryl methyl sites for hydroxylation is 2. The van der Waals surface area contributed by atoms with Crippen molar-refractivity contribution in [3.63, 3.8) is 0 Å². The van der Waals surface area contributed by atoms with Gasteiger partial charge in [0.25, 0.3) is 0 Å². The first kappa shape index (κ1) is 14.7. The maximum absolute atomic E-state index is 4.49. The van der Waals surface area contributed by atoms with Crippen molar-refractivity contribution < 1.29 is 0 Å². The molecule has 0 aliphatic carbocycles. The Kier molecular flexibility index (Phi) is 4.89. The molecule has 2 heterocycles. The maximum atomic E-state index is 4.49. The van der Waals surface area contributed by atoms with Gasteiger partial charge in [-0.25, -0.2) is 19.9 Å². The van der Waals surface area contributed by atoms with Crippen LogP contribution in [0.3, 0.4) is 0 Å². The van der Waals surface area contributed by atoms with E-state index in [2.05, 4.69) is 32.2 Å². The van der Waals surface area contributed by atoms with Gasteiger partial charge in [0.2, 0.25) is 5.95 Å². The fraction of sp³-hybridized carbons (Fsp3) is 0.429. The van der Waals surface area contributed by atoms with Crippen molar-refractivity contribution in [2.75, 3.05) is 11.9 Å². The normalized spacial score (nSPS) is 10.6. The van der Waals surface area contributed by atoms with E-state index >= 15 is 0 Å². The third-order valence-corrected chi connectivity index (χ3v) is 3.77. The predicted molar refractivity (Wildman–Crippen MR) is 81.2 cm³/mol. The molecule has 5 nitrogen and oxygen atoms in total. The Morgan fingerprint density at radius 3 is 2.45 bits per heavy atom. The van der Waals surface area contributed by atoms with Crippen LogP contribution in [0, 0.1) is 20.8 Å². The van der Waals surface area contributed by atoms with Crippen LogP contribution in [0.4, 0.5) is 5.95 Å². The molecule has 0 spiro atoms. The molecule has 2 aromatic heterocycles. The van der Waals surface area contributed by atoms with Crippen LogP contribution in [-0.4, -0.2) is 26.5 Å². The first-order valence-electron chi connectivity index (χ1n) is 6.66. The lowest BCUT2D eigenvalue weighted by Gasteiger charge is -2.07. The van der Waals surface area contributed by atoms with Crippen molar-refractivity contribution in [2.24, 2.45) is 0 Å².